The number of ether oxygens (including phenoxy) is 1. The fourth-order valence-corrected chi connectivity index (χ4v) is 4.77. The fraction of sp³-hybridized carbons (Fsp3) is 0.562. The second-order valence-corrected chi connectivity index (χ2v) is 8.36. The van der Waals surface area contributed by atoms with Crippen molar-refractivity contribution < 1.29 is 17.9 Å². The van der Waals surface area contributed by atoms with Crippen molar-refractivity contribution in [2.75, 3.05) is 41.7 Å². The van der Waals surface area contributed by atoms with Crippen LogP contribution < -0.4 is 15.4 Å². The van der Waals surface area contributed by atoms with E-state index in [1.807, 2.05) is 0 Å². The number of nitrogens with two attached hydrogens (primary N) is 1. The maximum Gasteiger partial charge on any atom is 0.235 e. The lowest BCUT2D eigenvalue weighted by Gasteiger charge is -2.34. The highest BCUT2D eigenvalue weighted by Crippen LogP contribution is 2.32. The third-order valence-corrected chi connectivity index (χ3v) is 6.68. The second-order valence-electron chi connectivity index (χ2n) is 6.34. The van der Waals surface area contributed by atoms with Crippen molar-refractivity contribution in [2.24, 2.45) is 11.1 Å². The van der Waals surface area contributed by atoms with Gasteiger partial charge in [0.25, 0.3) is 0 Å². The average Bonchev–Trinajstić information content (AvgIpc) is 2.95. The largest absolute Gasteiger partial charge is 0.381 e. The second kappa shape index (κ2) is 6.70. The maximum absolute atomic E-state index is 12.7. The summed E-state index contributed by atoms with van der Waals surface area (Å²) in [6.45, 7) is 1.79. The van der Waals surface area contributed by atoms with Crippen LogP contribution in [0.4, 0.5) is 11.4 Å². The van der Waals surface area contributed by atoms with Gasteiger partial charge in [-0.1, -0.05) is 6.07 Å². The van der Waals surface area contributed by atoms with Gasteiger partial charge in [-0.25, -0.2) is 8.42 Å². The number of carbonyl (C=O) groups excluding carboxylic acids is 1. The molecule has 1 aromatic carbocycles. The first kappa shape index (κ1) is 17.2. The molecule has 1 aromatic rings. The van der Waals surface area contributed by atoms with Crippen molar-refractivity contribution in [2.45, 2.75) is 19.3 Å². The van der Waals surface area contributed by atoms with Crippen LogP contribution in [0.5, 0.6) is 0 Å². The zero-order valence-corrected chi connectivity index (χ0v) is 14.3. The first-order valence-electron chi connectivity index (χ1n) is 8.17. The molecule has 0 bridgehead atoms. The maximum atomic E-state index is 12.7. The minimum absolute atomic E-state index is 0.130. The SMILES string of the molecule is NCC1(C(=O)Nc2cccc(N3CCCS3(=O)=O)c2)CCOCC1. The molecular weight excluding hydrogens is 330 g/mol. The average molecular weight is 353 g/mol. The lowest BCUT2D eigenvalue weighted by Crippen LogP contribution is -2.46. The molecule has 24 heavy (non-hydrogen) atoms. The molecule has 2 aliphatic heterocycles. The van der Waals surface area contributed by atoms with Crippen molar-refractivity contribution in [3.8, 4) is 0 Å². The first-order chi connectivity index (χ1) is 11.5. The van der Waals surface area contributed by atoms with E-state index >= 15 is 0 Å². The van der Waals surface area contributed by atoms with Gasteiger partial charge in [-0.2, -0.15) is 0 Å². The number of benzene rings is 1. The molecule has 0 aliphatic carbocycles. The smallest absolute Gasteiger partial charge is 0.235 e. The summed E-state index contributed by atoms with van der Waals surface area (Å²) in [5, 5.41) is 2.90. The van der Waals surface area contributed by atoms with Crippen LogP contribution in [0.2, 0.25) is 0 Å². The van der Waals surface area contributed by atoms with Crippen LogP contribution in [-0.4, -0.2) is 46.4 Å². The Balaban J connectivity index is 1.78. The van der Waals surface area contributed by atoms with E-state index in [1.165, 1.54) is 4.31 Å². The Labute approximate surface area is 142 Å². The zero-order valence-electron chi connectivity index (χ0n) is 13.5. The van der Waals surface area contributed by atoms with Gasteiger partial charge in [-0.15, -0.1) is 0 Å². The van der Waals surface area contributed by atoms with Crippen molar-refractivity contribution in [1.29, 1.82) is 0 Å². The van der Waals surface area contributed by atoms with Crippen LogP contribution in [0, 0.1) is 5.41 Å². The minimum Gasteiger partial charge on any atom is -0.381 e. The van der Waals surface area contributed by atoms with E-state index in [0.717, 1.165) is 0 Å². The summed E-state index contributed by atoms with van der Waals surface area (Å²) in [7, 11) is -3.24. The van der Waals surface area contributed by atoms with Crippen molar-refractivity contribution in [3.63, 3.8) is 0 Å². The number of sulfonamides is 1. The van der Waals surface area contributed by atoms with Gasteiger partial charge in [-0.3, -0.25) is 9.10 Å². The summed E-state index contributed by atoms with van der Waals surface area (Å²) in [6, 6.07) is 6.95. The monoisotopic (exact) mass is 353 g/mol. The molecule has 2 fully saturated rings. The molecule has 7 nitrogen and oxygen atoms in total. The van der Waals surface area contributed by atoms with Crippen LogP contribution in [0.3, 0.4) is 0 Å². The Bertz CT molecular complexity index is 714. The Morgan fingerprint density at radius 3 is 2.71 bits per heavy atom. The van der Waals surface area contributed by atoms with Gasteiger partial charge >= 0.3 is 0 Å². The molecule has 8 heteroatoms. The standard InChI is InChI=1S/C16H23N3O4S/c17-12-16(5-8-23-9-6-16)15(20)18-13-3-1-4-14(11-13)19-7-2-10-24(19,21)22/h1,3-4,11H,2,5-10,12,17H2,(H,18,20). The molecule has 3 rings (SSSR count). The Kier molecular flexibility index (Phi) is 4.80. The molecule has 2 aliphatic rings. The topological polar surface area (TPSA) is 102 Å². The predicted molar refractivity (Wildman–Crippen MR) is 92.4 cm³/mol. The quantitative estimate of drug-likeness (QED) is 0.838. The summed E-state index contributed by atoms with van der Waals surface area (Å²) < 4.78 is 30.8. The van der Waals surface area contributed by atoms with E-state index in [0.29, 0.717) is 50.4 Å². The van der Waals surface area contributed by atoms with Crippen molar-refractivity contribution >= 4 is 27.3 Å². The van der Waals surface area contributed by atoms with Crippen molar-refractivity contribution in [1.82, 2.24) is 0 Å². The van der Waals surface area contributed by atoms with Crippen molar-refractivity contribution in [3.05, 3.63) is 24.3 Å². The molecule has 2 heterocycles. The van der Waals surface area contributed by atoms with E-state index in [-0.39, 0.29) is 18.2 Å². The fourth-order valence-electron chi connectivity index (χ4n) is 3.22. The highest BCUT2D eigenvalue weighted by molar-refractivity contribution is 7.93. The van der Waals surface area contributed by atoms with Gasteiger partial charge in [0.2, 0.25) is 15.9 Å². The first-order valence-corrected chi connectivity index (χ1v) is 9.78. The molecule has 0 unspecified atom stereocenters. The summed E-state index contributed by atoms with van der Waals surface area (Å²) in [5.74, 6) is 0.0367. The predicted octanol–water partition coefficient (Wildman–Crippen LogP) is 0.920. The number of nitrogens with zero attached hydrogens (tertiary/aromatic N) is 1. The van der Waals surface area contributed by atoms with E-state index in [4.69, 9.17) is 10.5 Å². The van der Waals surface area contributed by atoms with E-state index in [2.05, 4.69) is 5.32 Å². The van der Waals surface area contributed by atoms with E-state index < -0.39 is 15.4 Å². The van der Waals surface area contributed by atoms with Gasteiger partial charge in [0.1, 0.15) is 0 Å². The lowest BCUT2D eigenvalue weighted by molar-refractivity contribution is -0.130. The summed E-state index contributed by atoms with van der Waals surface area (Å²) in [4.78, 5) is 12.7. The van der Waals surface area contributed by atoms with Crippen LogP contribution in [0.15, 0.2) is 24.3 Å². The number of rotatable bonds is 4. The molecular formula is C16H23N3O4S. The molecule has 0 saturated carbocycles. The molecule has 0 atom stereocenters. The molecule has 132 valence electrons. The molecule has 3 N–H and O–H groups in total. The summed E-state index contributed by atoms with van der Waals surface area (Å²) >= 11 is 0. The van der Waals surface area contributed by atoms with E-state index in [9.17, 15) is 13.2 Å². The van der Waals surface area contributed by atoms with Crippen LogP contribution in [0.25, 0.3) is 0 Å². The van der Waals surface area contributed by atoms with Gasteiger partial charge in [0, 0.05) is 32.0 Å². The molecule has 0 spiro atoms. The number of hydrogen-bond acceptors (Lipinski definition) is 5. The normalized spacial score (nSPS) is 22.3. The van der Waals surface area contributed by atoms with Crippen LogP contribution in [-0.2, 0) is 19.6 Å². The number of nitrogens with one attached hydrogen (secondary N) is 1. The summed E-state index contributed by atoms with van der Waals surface area (Å²) in [5.41, 5.74) is 6.40. The highest BCUT2D eigenvalue weighted by Gasteiger charge is 2.39. The molecule has 0 aromatic heterocycles. The minimum atomic E-state index is -3.24. The van der Waals surface area contributed by atoms with Gasteiger partial charge in [-0.05, 0) is 37.5 Å². The number of carbonyl (C=O) groups is 1. The molecule has 1 amide bonds. The molecule has 0 radical (unpaired) electrons. The van der Waals surface area contributed by atoms with Gasteiger partial charge < -0.3 is 15.8 Å². The zero-order chi connectivity index (χ0) is 17.2. The third kappa shape index (κ3) is 3.26. The third-order valence-electron chi connectivity index (χ3n) is 4.81. The highest BCUT2D eigenvalue weighted by atomic mass is 32.2. The van der Waals surface area contributed by atoms with Crippen LogP contribution >= 0.6 is 0 Å². The molecule has 2 saturated heterocycles. The number of hydrogen-bond donors (Lipinski definition) is 2. The Morgan fingerprint density at radius 1 is 1.33 bits per heavy atom. The number of amides is 1. The Morgan fingerprint density at radius 2 is 2.08 bits per heavy atom. The van der Waals surface area contributed by atoms with Gasteiger partial charge in [0.15, 0.2) is 0 Å². The lowest BCUT2D eigenvalue weighted by atomic mass is 9.79. The summed E-state index contributed by atoms with van der Waals surface area (Å²) in [6.07, 6.45) is 1.81. The Hall–Kier alpha value is -1.64. The van der Waals surface area contributed by atoms with E-state index in [1.54, 1.807) is 24.3 Å². The number of anilines is 2. The van der Waals surface area contributed by atoms with Crippen LogP contribution in [0.1, 0.15) is 19.3 Å². The van der Waals surface area contributed by atoms with Gasteiger partial charge in [0.05, 0.1) is 16.9 Å².